The molecule has 8 nitrogen and oxygen atoms in total. The Kier molecular flexibility index (Phi) is 5.99. The zero-order chi connectivity index (χ0) is 22.0. The van der Waals surface area contributed by atoms with Crippen LogP contribution in [0.4, 0.5) is 0 Å². The second-order valence-electron chi connectivity index (χ2n) is 7.77. The minimum atomic E-state index is -0.0786. The normalized spacial score (nSPS) is 16.7. The predicted octanol–water partition coefficient (Wildman–Crippen LogP) is 2.61. The van der Waals surface area contributed by atoms with Crippen LogP contribution >= 0.6 is 0 Å². The zero-order valence-corrected chi connectivity index (χ0v) is 18.0. The molecule has 0 radical (unpaired) electrons. The first-order valence-corrected chi connectivity index (χ1v) is 10.3. The molecule has 0 N–H and O–H groups in total. The number of aromatic nitrogens is 1. The third-order valence-electron chi connectivity index (χ3n) is 5.70. The van der Waals surface area contributed by atoms with Crippen LogP contribution in [0.15, 0.2) is 47.1 Å². The van der Waals surface area contributed by atoms with Crippen molar-refractivity contribution in [3.63, 3.8) is 0 Å². The molecule has 3 heterocycles. The molecular weight excluding hydrogens is 398 g/mol. The summed E-state index contributed by atoms with van der Waals surface area (Å²) in [7, 11) is 3.14. The van der Waals surface area contributed by atoms with Crippen molar-refractivity contribution >= 4 is 22.9 Å². The van der Waals surface area contributed by atoms with Crippen LogP contribution in [0.25, 0.3) is 11.1 Å². The molecule has 0 aliphatic carbocycles. The van der Waals surface area contributed by atoms with E-state index in [0.717, 1.165) is 16.7 Å². The Morgan fingerprint density at radius 1 is 1.16 bits per heavy atom. The molecule has 1 aliphatic heterocycles. The molecule has 1 fully saturated rings. The molecule has 31 heavy (non-hydrogen) atoms. The van der Waals surface area contributed by atoms with E-state index in [1.54, 1.807) is 23.2 Å². The zero-order valence-electron chi connectivity index (χ0n) is 18.0. The predicted molar refractivity (Wildman–Crippen MR) is 115 cm³/mol. The van der Waals surface area contributed by atoms with Crippen molar-refractivity contribution in [1.82, 2.24) is 14.4 Å². The summed E-state index contributed by atoms with van der Waals surface area (Å²) in [6.07, 6.45) is 1.63. The molecule has 0 bridgehead atoms. The van der Waals surface area contributed by atoms with Crippen LogP contribution in [0.5, 0.6) is 5.75 Å². The van der Waals surface area contributed by atoms with Crippen molar-refractivity contribution < 1.29 is 23.5 Å². The highest BCUT2D eigenvalue weighted by Gasteiger charge is 2.31. The van der Waals surface area contributed by atoms with Gasteiger partial charge in [0.15, 0.2) is 0 Å². The van der Waals surface area contributed by atoms with E-state index in [1.807, 2.05) is 47.9 Å². The largest absolute Gasteiger partial charge is 0.497 e. The molecule has 1 saturated heterocycles. The SMILES string of the molecule is COCC(=O)N1CCN(C(=O)c2cc3ccoc3n2Cc2cccc(OC)c2)C[C@@H]1C. The molecule has 2 amide bonds. The van der Waals surface area contributed by atoms with Crippen LogP contribution in [0, 0.1) is 0 Å². The summed E-state index contributed by atoms with van der Waals surface area (Å²) in [5, 5.41) is 0.883. The number of amides is 2. The van der Waals surface area contributed by atoms with Crippen molar-refractivity contribution in [2.24, 2.45) is 0 Å². The van der Waals surface area contributed by atoms with E-state index in [2.05, 4.69) is 0 Å². The second-order valence-corrected chi connectivity index (χ2v) is 7.77. The number of benzene rings is 1. The third kappa shape index (κ3) is 4.16. The topological polar surface area (TPSA) is 77.2 Å². The van der Waals surface area contributed by atoms with Crippen LogP contribution in [0.2, 0.25) is 0 Å². The molecular formula is C23H27N3O5. The van der Waals surface area contributed by atoms with E-state index in [9.17, 15) is 9.59 Å². The maximum atomic E-state index is 13.5. The van der Waals surface area contributed by atoms with Crippen LogP contribution < -0.4 is 4.74 Å². The van der Waals surface area contributed by atoms with Crippen molar-refractivity contribution in [2.75, 3.05) is 40.5 Å². The van der Waals surface area contributed by atoms with Crippen molar-refractivity contribution in [3.8, 4) is 5.75 Å². The number of furan rings is 1. The van der Waals surface area contributed by atoms with Gasteiger partial charge in [-0.05, 0) is 36.8 Å². The molecule has 1 aromatic carbocycles. The highest BCUT2D eigenvalue weighted by atomic mass is 16.5. The van der Waals surface area contributed by atoms with Gasteiger partial charge in [-0.3, -0.25) is 9.59 Å². The second kappa shape index (κ2) is 8.85. The first-order valence-electron chi connectivity index (χ1n) is 10.3. The first kappa shape index (κ1) is 21.0. The molecule has 8 heteroatoms. The molecule has 2 aromatic heterocycles. The van der Waals surface area contributed by atoms with Crippen molar-refractivity contribution in [1.29, 1.82) is 0 Å². The van der Waals surface area contributed by atoms with E-state index in [4.69, 9.17) is 13.9 Å². The van der Waals surface area contributed by atoms with Gasteiger partial charge in [-0.1, -0.05) is 12.1 Å². The number of hydrogen-bond donors (Lipinski definition) is 0. The maximum absolute atomic E-state index is 13.5. The van der Waals surface area contributed by atoms with Crippen LogP contribution in [0.3, 0.4) is 0 Å². The average molecular weight is 425 g/mol. The Balaban J connectivity index is 1.58. The van der Waals surface area contributed by atoms with Gasteiger partial charge in [-0.2, -0.15) is 0 Å². The number of piperazine rings is 1. The van der Waals surface area contributed by atoms with Crippen LogP contribution in [-0.4, -0.2) is 72.7 Å². The molecule has 0 spiro atoms. The summed E-state index contributed by atoms with van der Waals surface area (Å²) >= 11 is 0. The fourth-order valence-corrected chi connectivity index (χ4v) is 4.14. The summed E-state index contributed by atoms with van der Waals surface area (Å²) in [6.45, 7) is 3.93. The Morgan fingerprint density at radius 2 is 2.00 bits per heavy atom. The van der Waals surface area contributed by atoms with Crippen molar-refractivity contribution in [3.05, 3.63) is 53.9 Å². The Morgan fingerprint density at radius 3 is 2.74 bits per heavy atom. The van der Waals surface area contributed by atoms with E-state index < -0.39 is 0 Å². The number of rotatable bonds is 6. The van der Waals surface area contributed by atoms with E-state index in [0.29, 0.717) is 37.6 Å². The average Bonchev–Trinajstić information content (AvgIpc) is 3.36. The van der Waals surface area contributed by atoms with Gasteiger partial charge < -0.3 is 28.3 Å². The van der Waals surface area contributed by atoms with Gasteiger partial charge in [0.2, 0.25) is 11.6 Å². The maximum Gasteiger partial charge on any atom is 0.270 e. The van der Waals surface area contributed by atoms with Gasteiger partial charge in [-0.25, -0.2) is 0 Å². The number of carbonyl (C=O) groups is 2. The van der Waals surface area contributed by atoms with Gasteiger partial charge in [0.1, 0.15) is 18.1 Å². The molecule has 0 unspecified atom stereocenters. The lowest BCUT2D eigenvalue weighted by Gasteiger charge is -2.39. The fourth-order valence-electron chi connectivity index (χ4n) is 4.14. The summed E-state index contributed by atoms with van der Waals surface area (Å²) in [5.74, 6) is 0.639. The number of ether oxygens (including phenoxy) is 2. The Hall–Kier alpha value is -3.26. The lowest BCUT2D eigenvalue weighted by molar-refractivity contribution is -0.139. The number of nitrogens with zero attached hydrogens (tertiary/aromatic N) is 3. The summed E-state index contributed by atoms with van der Waals surface area (Å²) in [4.78, 5) is 29.3. The Bertz CT molecular complexity index is 1090. The van der Waals surface area contributed by atoms with Gasteiger partial charge >= 0.3 is 0 Å². The highest BCUT2D eigenvalue weighted by Crippen LogP contribution is 2.25. The smallest absolute Gasteiger partial charge is 0.270 e. The van der Waals surface area contributed by atoms with Gasteiger partial charge in [-0.15, -0.1) is 0 Å². The fraction of sp³-hybridized carbons (Fsp3) is 0.391. The van der Waals surface area contributed by atoms with Gasteiger partial charge in [0.25, 0.3) is 5.91 Å². The van der Waals surface area contributed by atoms with Gasteiger partial charge in [0, 0.05) is 38.2 Å². The summed E-state index contributed by atoms with van der Waals surface area (Å²) < 4.78 is 17.9. The third-order valence-corrected chi connectivity index (χ3v) is 5.70. The standard InChI is InChI=1S/C23H27N3O5/c1-16-13-24(8-9-25(16)21(27)15-29-2)22(28)20-12-18-7-10-31-23(18)26(20)14-17-5-4-6-19(11-17)30-3/h4-7,10-12,16H,8-9,13-15H2,1-3H3/t16-/m0/s1. The molecule has 1 atom stereocenters. The van der Waals surface area contributed by atoms with Crippen molar-refractivity contribution in [2.45, 2.75) is 19.5 Å². The minimum Gasteiger partial charge on any atom is -0.497 e. The highest BCUT2D eigenvalue weighted by molar-refractivity contribution is 5.98. The molecule has 1 aliphatic rings. The number of fused-ring (bicyclic) bond motifs is 1. The van der Waals surface area contributed by atoms with E-state index in [-0.39, 0.29) is 24.5 Å². The quantitative estimate of drug-likeness (QED) is 0.607. The van der Waals surface area contributed by atoms with Crippen LogP contribution in [-0.2, 0) is 16.1 Å². The lowest BCUT2D eigenvalue weighted by Crippen LogP contribution is -2.56. The molecule has 3 aromatic rings. The molecule has 164 valence electrons. The monoisotopic (exact) mass is 425 g/mol. The number of hydrogen-bond acceptors (Lipinski definition) is 5. The van der Waals surface area contributed by atoms with Gasteiger partial charge in [0.05, 0.1) is 19.9 Å². The molecule has 0 saturated carbocycles. The first-order chi connectivity index (χ1) is 15.0. The van der Waals surface area contributed by atoms with Crippen LogP contribution in [0.1, 0.15) is 23.0 Å². The van der Waals surface area contributed by atoms with E-state index in [1.165, 1.54) is 7.11 Å². The number of methoxy groups -OCH3 is 2. The number of carbonyl (C=O) groups excluding carboxylic acids is 2. The lowest BCUT2D eigenvalue weighted by atomic mass is 10.1. The minimum absolute atomic E-state index is 0.0536. The van der Waals surface area contributed by atoms with E-state index >= 15 is 0 Å². The molecule has 4 rings (SSSR count). The summed E-state index contributed by atoms with van der Waals surface area (Å²) in [6, 6.07) is 11.4. The Labute approximate surface area is 180 Å². The summed E-state index contributed by atoms with van der Waals surface area (Å²) in [5.41, 5.74) is 2.24.